The Kier molecular flexibility index (Phi) is 8.53. The molecule has 0 saturated carbocycles. The van der Waals surface area contributed by atoms with Crippen LogP contribution in [0, 0.1) is 17.2 Å². The first-order valence-electron chi connectivity index (χ1n) is 9.23. The molecule has 0 aliphatic heterocycles. The maximum atomic E-state index is 8.49. The molecule has 2 aromatic rings. The molecule has 0 aliphatic rings. The number of anilines is 1. The number of nitrogens with two attached hydrogens (primary N) is 1. The number of nitrogens with zero attached hydrogens (tertiary/aromatic N) is 3. The third kappa shape index (κ3) is 9.33. The first-order chi connectivity index (χ1) is 13.0. The normalized spacial score (nSPS) is 12.5. The molecule has 0 aromatic carbocycles. The van der Waals surface area contributed by atoms with Crippen molar-refractivity contribution in [3.8, 4) is 0 Å². The van der Waals surface area contributed by atoms with E-state index in [4.69, 9.17) is 24.4 Å². The highest BCUT2D eigenvalue weighted by atomic mass is 35.7. The molecule has 0 saturated heterocycles. The van der Waals surface area contributed by atoms with Gasteiger partial charge >= 0.3 is 0 Å². The van der Waals surface area contributed by atoms with Crippen LogP contribution in [0.25, 0.3) is 0 Å². The zero-order valence-electron chi connectivity index (χ0n) is 18.1. The average molecular weight is 447 g/mol. The van der Waals surface area contributed by atoms with Gasteiger partial charge in [0.25, 0.3) is 0 Å². The second-order valence-corrected chi connectivity index (χ2v) is 10.8. The minimum absolute atomic E-state index is 0.110. The lowest BCUT2D eigenvalue weighted by Gasteiger charge is -2.24. The fourth-order valence-corrected chi connectivity index (χ4v) is 3.65. The summed E-state index contributed by atoms with van der Waals surface area (Å²) in [5.41, 5.74) is 10.0. The van der Waals surface area contributed by atoms with Gasteiger partial charge in [0.05, 0.1) is 0 Å². The largest absolute Gasteiger partial charge is 0.374 e. The summed E-state index contributed by atoms with van der Waals surface area (Å²) in [7, 11) is -4.94. The second-order valence-electron chi connectivity index (χ2n) is 8.97. The summed E-state index contributed by atoms with van der Waals surface area (Å²) in [5, 5.41) is 9.62. The van der Waals surface area contributed by atoms with Crippen LogP contribution in [-0.2, 0) is 23.8 Å². The van der Waals surface area contributed by atoms with Crippen LogP contribution in [-0.4, -0.2) is 10.2 Å². The quantitative estimate of drug-likeness (QED) is 0.603. The minimum Gasteiger partial charge on any atom is -0.374 e. The minimum atomic E-state index is -4.94. The zero-order valence-corrected chi connectivity index (χ0v) is 19.7. The molecule has 0 atom stereocenters. The number of hydrogen-bond donors (Lipinski definition) is 1. The van der Waals surface area contributed by atoms with Crippen molar-refractivity contribution in [3.05, 3.63) is 34.1 Å². The Morgan fingerprint density at radius 1 is 0.966 bits per heavy atom. The van der Waals surface area contributed by atoms with Gasteiger partial charge in [-0.3, -0.25) is 0 Å². The number of hydrogen-bond acceptors (Lipinski definition) is 8. The van der Waals surface area contributed by atoms with Gasteiger partial charge < -0.3 is 5.73 Å². The number of pyridine rings is 1. The fraction of sp³-hybridized carbons (Fsp3) is 0.632. The van der Waals surface area contributed by atoms with Gasteiger partial charge in [-0.2, -0.15) is 4.57 Å². The predicted octanol–water partition coefficient (Wildman–Crippen LogP) is -0.812. The van der Waals surface area contributed by atoms with Crippen molar-refractivity contribution in [1.29, 1.82) is 0 Å². The lowest BCUT2D eigenvalue weighted by molar-refractivity contribution is -2.00. The van der Waals surface area contributed by atoms with Gasteiger partial charge in [0, 0.05) is 35.8 Å². The van der Waals surface area contributed by atoms with Crippen molar-refractivity contribution in [2.24, 2.45) is 0 Å². The highest BCUT2D eigenvalue weighted by molar-refractivity contribution is 7.15. The summed E-state index contributed by atoms with van der Waals surface area (Å²) in [5.74, 6) is 0. The molecule has 0 aliphatic carbocycles. The molecular weight excluding hydrogens is 416 g/mol. The number of aryl methyl sites for hydroxylation is 2. The zero-order chi connectivity index (χ0) is 22.6. The third-order valence-corrected chi connectivity index (χ3v) is 4.91. The fourth-order valence-electron chi connectivity index (χ4n) is 3.00. The summed E-state index contributed by atoms with van der Waals surface area (Å²) >= 11 is 1.49. The van der Waals surface area contributed by atoms with Gasteiger partial charge in [0.15, 0.2) is 11.4 Å². The van der Waals surface area contributed by atoms with E-state index < -0.39 is 10.2 Å². The van der Waals surface area contributed by atoms with Crippen molar-refractivity contribution in [1.82, 2.24) is 10.2 Å². The first kappa shape index (κ1) is 25.7. The van der Waals surface area contributed by atoms with Crippen LogP contribution in [0.1, 0.15) is 69.9 Å². The second kappa shape index (κ2) is 9.63. The van der Waals surface area contributed by atoms with Crippen LogP contribution in [0.2, 0.25) is 0 Å². The van der Waals surface area contributed by atoms with E-state index in [1.807, 2.05) is 0 Å². The molecule has 0 amide bonds. The van der Waals surface area contributed by atoms with Gasteiger partial charge in [-0.25, -0.2) is 18.6 Å². The Balaban J connectivity index is 0.000000749. The molecule has 0 spiro atoms. The van der Waals surface area contributed by atoms with Crippen molar-refractivity contribution >= 4 is 16.5 Å². The molecule has 0 bridgehead atoms. The van der Waals surface area contributed by atoms with Gasteiger partial charge in [-0.1, -0.05) is 52.9 Å². The molecule has 10 heteroatoms. The Labute approximate surface area is 178 Å². The molecule has 29 heavy (non-hydrogen) atoms. The Morgan fingerprint density at radius 3 is 1.76 bits per heavy atom. The van der Waals surface area contributed by atoms with Crippen molar-refractivity contribution in [2.45, 2.75) is 78.7 Å². The SMILES string of the molecule is Cc1cc(C(C)(C)C)[n+](CCCc2nnc(N)s2)c(C(C)(C)C)c1.[O-][Cl+3]([O-])([O-])[O-]. The van der Waals surface area contributed by atoms with E-state index in [2.05, 4.69) is 75.4 Å². The summed E-state index contributed by atoms with van der Waals surface area (Å²) in [4.78, 5) is 0. The molecule has 0 unspecified atom stereocenters. The molecule has 164 valence electrons. The molecular formula is C19H31ClN4O4S. The lowest BCUT2D eigenvalue weighted by atomic mass is 9.85. The van der Waals surface area contributed by atoms with Crippen LogP contribution < -0.4 is 28.9 Å². The molecule has 2 aromatic heterocycles. The van der Waals surface area contributed by atoms with Crippen LogP contribution in [0.15, 0.2) is 12.1 Å². The summed E-state index contributed by atoms with van der Waals surface area (Å²) in [6.45, 7) is 16.9. The van der Waals surface area contributed by atoms with E-state index in [9.17, 15) is 0 Å². The van der Waals surface area contributed by atoms with Crippen molar-refractivity contribution in [3.63, 3.8) is 0 Å². The summed E-state index contributed by atoms with van der Waals surface area (Å²) in [6, 6.07) is 4.66. The number of nitrogen functional groups attached to an aromatic ring is 1. The van der Waals surface area contributed by atoms with Gasteiger partial charge in [-0.05, 0) is 12.5 Å². The molecule has 8 nitrogen and oxygen atoms in total. The Morgan fingerprint density at radius 2 is 1.41 bits per heavy atom. The van der Waals surface area contributed by atoms with Crippen LogP contribution in [0.4, 0.5) is 5.13 Å². The third-order valence-electron chi connectivity index (χ3n) is 4.10. The first-order valence-corrected chi connectivity index (χ1v) is 11.3. The van der Waals surface area contributed by atoms with Crippen LogP contribution in [0.3, 0.4) is 0 Å². The van der Waals surface area contributed by atoms with Crippen LogP contribution in [0.5, 0.6) is 0 Å². The Bertz CT molecular complexity index is 767. The standard InChI is InChI=1S/C19H31N4S.ClHO4/c1-13-11-14(18(2,3)4)23(15(12-13)19(5,6)7)10-8-9-16-21-22-17(20)24-16;2-1(3,4)5/h11-12H,8-10H2,1-7H3,(H2,20,22);(H,2,3,4,5)/q+1;/p-1. The Hall–Kier alpha value is -1.36. The van der Waals surface area contributed by atoms with E-state index >= 15 is 0 Å². The highest BCUT2D eigenvalue weighted by Gasteiger charge is 2.33. The molecule has 0 radical (unpaired) electrons. The topological polar surface area (TPSA) is 148 Å². The smallest absolute Gasteiger partial charge is 0.203 e. The number of halogens is 1. The molecule has 2 heterocycles. The van der Waals surface area contributed by atoms with E-state index in [1.165, 1.54) is 28.3 Å². The monoisotopic (exact) mass is 446 g/mol. The lowest BCUT2D eigenvalue weighted by Crippen LogP contribution is -2.68. The van der Waals surface area contributed by atoms with E-state index in [1.54, 1.807) is 0 Å². The summed E-state index contributed by atoms with van der Waals surface area (Å²) < 4.78 is 36.5. The van der Waals surface area contributed by atoms with Crippen molar-refractivity contribution in [2.75, 3.05) is 5.73 Å². The number of aromatic nitrogens is 3. The molecule has 2 N–H and O–H groups in total. The summed E-state index contributed by atoms with van der Waals surface area (Å²) in [6.07, 6.45) is 1.96. The van der Waals surface area contributed by atoms with Gasteiger partial charge in [0.2, 0.25) is 5.13 Å². The average Bonchev–Trinajstić information content (AvgIpc) is 2.90. The predicted molar refractivity (Wildman–Crippen MR) is 101 cm³/mol. The maximum Gasteiger partial charge on any atom is 0.203 e. The highest BCUT2D eigenvalue weighted by Crippen LogP contribution is 2.26. The van der Waals surface area contributed by atoms with Gasteiger partial charge in [0.1, 0.15) is 11.6 Å². The van der Waals surface area contributed by atoms with Crippen LogP contribution >= 0.6 is 11.3 Å². The number of rotatable bonds is 4. The van der Waals surface area contributed by atoms with Gasteiger partial charge in [-0.15, -0.1) is 20.4 Å². The molecule has 0 fully saturated rings. The molecule has 2 rings (SSSR count). The van der Waals surface area contributed by atoms with Crippen molar-refractivity contribution < 1.29 is 33.4 Å². The van der Waals surface area contributed by atoms with E-state index in [0.717, 1.165) is 24.4 Å². The maximum absolute atomic E-state index is 8.49. The van der Waals surface area contributed by atoms with E-state index in [0.29, 0.717) is 5.13 Å². The van der Waals surface area contributed by atoms with E-state index in [-0.39, 0.29) is 10.8 Å².